The number of rotatable bonds is 6. The van der Waals surface area contributed by atoms with Gasteiger partial charge in [-0.3, -0.25) is 9.97 Å². The van der Waals surface area contributed by atoms with Gasteiger partial charge in [0.1, 0.15) is 0 Å². The van der Waals surface area contributed by atoms with Crippen molar-refractivity contribution in [3.05, 3.63) is 160 Å². The van der Waals surface area contributed by atoms with Crippen LogP contribution in [0.15, 0.2) is 114 Å². The summed E-state index contributed by atoms with van der Waals surface area (Å²) in [7, 11) is 0. The molecule has 1 aromatic carbocycles. The molecule has 3 heteroatoms. The third kappa shape index (κ3) is 5.64. The number of nitrogens with one attached hydrogen (secondary N) is 1. The molecule has 0 saturated heterocycles. The topological polar surface area (TPSA) is 37.8 Å². The van der Waals surface area contributed by atoms with Crippen LogP contribution in [0.4, 0.5) is 0 Å². The fraction of sp³-hybridized carbons (Fsp3) is 0.250. The number of aromatic nitrogens is 2. The maximum Gasteiger partial charge on any atom is 0.0950 e. The second kappa shape index (κ2) is 11.6. The predicted octanol–water partition coefficient (Wildman–Crippen LogP) is 9.37. The Kier molecular flexibility index (Phi) is 7.40. The Labute approximate surface area is 255 Å². The van der Waals surface area contributed by atoms with Crippen LogP contribution in [-0.2, 0) is 6.42 Å². The molecule has 1 aliphatic heterocycles. The molecule has 0 spiro atoms. The Bertz CT molecular complexity index is 1790. The summed E-state index contributed by atoms with van der Waals surface area (Å²) < 4.78 is 0. The molecule has 2 unspecified atom stereocenters. The van der Waals surface area contributed by atoms with Crippen molar-refractivity contribution in [1.29, 1.82) is 0 Å². The van der Waals surface area contributed by atoms with Crippen molar-refractivity contribution in [2.24, 2.45) is 5.92 Å². The average Bonchev–Trinajstić information content (AvgIpc) is 3.05. The van der Waals surface area contributed by atoms with Crippen LogP contribution in [-0.4, -0.2) is 9.97 Å². The van der Waals surface area contributed by atoms with Gasteiger partial charge in [0.25, 0.3) is 0 Å². The largest absolute Gasteiger partial charge is 0.376 e. The molecule has 7 rings (SSSR count). The summed E-state index contributed by atoms with van der Waals surface area (Å²) in [6.07, 6.45) is 26.4. The van der Waals surface area contributed by atoms with E-state index in [4.69, 9.17) is 9.97 Å². The molecule has 0 fully saturated rings. The highest BCUT2D eigenvalue weighted by Gasteiger charge is 2.30. The molecular weight excluding hydrogens is 522 g/mol. The van der Waals surface area contributed by atoms with Crippen LogP contribution in [0.5, 0.6) is 0 Å². The predicted molar refractivity (Wildman–Crippen MR) is 179 cm³/mol. The highest BCUT2D eigenvalue weighted by molar-refractivity contribution is 5.84. The SMILES string of the molecule is Cc1ccc2c(n1)C1NC(C(C)C)=CC(c3cccc(Cc4cc(C5C=CC=CC5)cc(C5=CC=CCC5)n4)c3)=C1C=C2. The molecule has 0 amide bonds. The highest BCUT2D eigenvalue weighted by atomic mass is 15.0. The number of nitrogens with zero attached hydrogens (tertiary/aromatic N) is 2. The molecule has 0 radical (unpaired) electrons. The van der Waals surface area contributed by atoms with Crippen molar-refractivity contribution in [2.45, 2.75) is 58.4 Å². The summed E-state index contributed by atoms with van der Waals surface area (Å²) >= 11 is 0. The first-order chi connectivity index (χ1) is 21.0. The summed E-state index contributed by atoms with van der Waals surface area (Å²) in [4.78, 5) is 10.2. The first-order valence-corrected chi connectivity index (χ1v) is 15.7. The fourth-order valence-electron chi connectivity index (χ4n) is 6.59. The van der Waals surface area contributed by atoms with Gasteiger partial charge in [0.05, 0.1) is 17.4 Å². The minimum Gasteiger partial charge on any atom is -0.376 e. The van der Waals surface area contributed by atoms with E-state index >= 15 is 0 Å². The van der Waals surface area contributed by atoms with E-state index in [2.05, 4.69) is 135 Å². The van der Waals surface area contributed by atoms with Gasteiger partial charge in [-0.2, -0.15) is 0 Å². The first-order valence-electron chi connectivity index (χ1n) is 15.7. The summed E-state index contributed by atoms with van der Waals surface area (Å²) in [5, 5.41) is 3.83. The Morgan fingerprint density at radius 2 is 1.88 bits per heavy atom. The number of allylic oxidation sites excluding steroid dienone is 11. The van der Waals surface area contributed by atoms with Crippen LogP contribution in [0, 0.1) is 12.8 Å². The zero-order chi connectivity index (χ0) is 29.3. The number of aryl methyl sites for hydroxylation is 1. The Morgan fingerprint density at radius 3 is 2.70 bits per heavy atom. The summed E-state index contributed by atoms with van der Waals surface area (Å²) in [6, 6.07) is 18.1. The second-order valence-corrected chi connectivity index (χ2v) is 12.4. The van der Waals surface area contributed by atoms with Crippen molar-refractivity contribution in [1.82, 2.24) is 15.3 Å². The number of hydrogen-bond acceptors (Lipinski definition) is 3. The molecule has 0 saturated carbocycles. The van der Waals surface area contributed by atoms with Gasteiger partial charge in [-0.1, -0.05) is 98.9 Å². The van der Waals surface area contributed by atoms with Gasteiger partial charge in [0.15, 0.2) is 0 Å². The van der Waals surface area contributed by atoms with Gasteiger partial charge in [-0.25, -0.2) is 0 Å². The van der Waals surface area contributed by atoms with Crippen molar-refractivity contribution in [2.75, 3.05) is 0 Å². The van der Waals surface area contributed by atoms with Crippen LogP contribution in [0.3, 0.4) is 0 Å². The van der Waals surface area contributed by atoms with E-state index in [1.165, 1.54) is 44.7 Å². The molecule has 3 nitrogen and oxygen atoms in total. The summed E-state index contributed by atoms with van der Waals surface area (Å²) in [6.45, 7) is 6.59. The van der Waals surface area contributed by atoms with Gasteiger partial charge < -0.3 is 5.32 Å². The highest BCUT2D eigenvalue weighted by Crippen LogP contribution is 2.41. The summed E-state index contributed by atoms with van der Waals surface area (Å²) in [5.41, 5.74) is 14.6. The average molecular weight is 562 g/mol. The first kappa shape index (κ1) is 27.3. The summed E-state index contributed by atoms with van der Waals surface area (Å²) in [5.74, 6) is 0.782. The number of hydrogen-bond donors (Lipinski definition) is 1. The molecule has 3 aromatic rings. The van der Waals surface area contributed by atoms with Gasteiger partial charge >= 0.3 is 0 Å². The van der Waals surface area contributed by atoms with Crippen molar-refractivity contribution < 1.29 is 0 Å². The lowest BCUT2D eigenvalue weighted by Gasteiger charge is -2.33. The Morgan fingerprint density at radius 1 is 0.953 bits per heavy atom. The van der Waals surface area contributed by atoms with E-state index in [-0.39, 0.29) is 6.04 Å². The third-order valence-electron chi connectivity index (χ3n) is 8.94. The lowest BCUT2D eigenvalue weighted by atomic mass is 9.83. The molecular formula is C40H39N3. The molecule has 214 valence electrons. The zero-order valence-corrected chi connectivity index (χ0v) is 25.3. The quantitative estimate of drug-likeness (QED) is 0.326. The van der Waals surface area contributed by atoms with E-state index in [9.17, 15) is 0 Å². The van der Waals surface area contributed by atoms with Crippen molar-refractivity contribution in [3.8, 4) is 0 Å². The van der Waals surface area contributed by atoms with Crippen molar-refractivity contribution in [3.63, 3.8) is 0 Å². The second-order valence-electron chi connectivity index (χ2n) is 12.4. The Hall–Kier alpha value is -4.50. The van der Waals surface area contributed by atoms with Crippen LogP contribution >= 0.6 is 0 Å². The Balaban J connectivity index is 1.27. The molecule has 2 aromatic heterocycles. The molecule has 3 heterocycles. The van der Waals surface area contributed by atoms with Crippen LogP contribution < -0.4 is 5.32 Å². The monoisotopic (exact) mass is 561 g/mol. The lowest BCUT2D eigenvalue weighted by molar-refractivity contribution is 0.581. The number of fused-ring (bicyclic) bond motifs is 3. The lowest BCUT2D eigenvalue weighted by Crippen LogP contribution is -2.31. The molecule has 43 heavy (non-hydrogen) atoms. The van der Waals surface area contributed by atoms with Crippen molar-refractivity contribution >= 4 is 17.2 Å². The van der Waals surface area contributed by atoms with Gasteiger partial charge in [0, 0.05) is 29.4 Å². The molecule has 1 N–H and O–H groups in total. The van der Waals surface area contributed by atoms with E-state index < -0.39 is 0 Å². The minimum atomic E-state index is 0.0530. The number of benzene rings is 1. The zero-order valence-electron chi connectivity index (χ0n) is 25.3. The molecule has 4 aliphatic rings. The number of dihydropyridines is 1. The van der Waals surface area contributed by atoms with E-state index in [0.29, 0.717) is 11.8 Å². The third-order valence-corrected chi connectivity index (χ3v) is 8.94. The molecule has 0 bridgehead atoms. The van der Waals surface area contributed by atoms with E-state index in [1.807, 2.05) is 0 Å². The standard InChI is InChI=1S/C40H39N3/c1-26(2)37-25-36(35-20-19-31-18-17-27(3)41-39(31)40(35)43-37)32-16-10-11-28(21-32)22-34-23-33(29-12-6-4-7-13-29)24-38(42-34)30-14-8-5-9-15-30/h4-8,10-12,14,16-21,23-26,29,40,43H,9,13,15,22H2,1-3H3. The maximum atomic E-state index is 5.23. The maximum absolute atomic E-state index is 5.23. The smallest absolute Gasteiger partial charge is 0.0950 e. The van der Waals surface area contributed by atoms with Crippen LogP contribution in [0.25, 0.3) is 17.2 Å². The van der Waals surface area contributed by atoms with Gasteiger partial charge in [-0.05, 0) is 95.4 Å². The van der Waals surface area contributed by atoms with Crippen LogP contribution in [0.1, 0.15) is 90.1 Å². The fourth-order valence-corrected chi connectivity index (χ4v) is 6.59. The van der Waals surface area contributed by atoms with E-state index in [1.54, 1.807) is 0 Å². The molecule has 3 aliphatic carbocycles. The molecule has 2 atom stereocenters. The minimum absolute atomic E-state index is 0.0530. The van der Waals surface area contributed by atoms with Crippen LogP contribution in [0.2, 0.25) is 0 Å². The van der Waals surface area contributed by atoms with E-state index in [0.717, 1.165) is 48.5 Å². The number of pyridine rings is 2. The van der Waals surface area contributed by atoms with Gasteiger partial charge in [0.2, 0.25) is 0 Å². The van der Waals surface area contributed by atoms with Gasteiger partial charge in [-0.15, -0.1) is 0 Å². The normalized spacial score (nSPS) is 20.5.